The van der Waals surface area contributed by atoms with E-state index < -0.39 is 17.7 Å². The molecule has 0 aliphatic carbocycles. The Morgan fingerprint density at radius 1 is 1.32 bits per heavy atom. The minimum Gasteiger partial charge on any atom is -0.478 e. The zero-order chi connectivity index (χ0) is 17.8. The molecule has 1 atom stereocenters. The van der Waals surface area contributed by atoms with E-state index in [1.807, 2.05) is 0 Å². The van der Waals surface area contributed by atoms with Crippen molar-refractivity contribution in [1.29, 1.82) is 0 Å². The molecule has 25 heavy (non-hydrogen) atoms. The normalized spacial score (nSPS) is 16.6. The second-order valence-corrected chi connectivity index (χ2v) is 5.67. The summed E-state index contributed by atoms with van der Waals surface area (Å²) in [4.78, 5) is 22.8. The number of carbonyl (C=O) groups is 2. The SMILES string of the molecule is O=C(O)c1coc(C(=O)Nc2ccc(NC[C@@H]3CCCO3)c(F)c2)c1. The highest BCUT2D eigenvalue weighted by Gasteiger charge is 2.17. The van der Waals surface area contributed by atoms with Gasteiger partial charge in [0.2, 0.25) is 0 Å². The van der Waals surface area contributed by atoms with Crippen LogP contribution in [0.5, 0.6) is 0 Å². The number of hydrogen-bond acceptors (Lipinski definition) is 5. The molecular weight excluding hydrogens is 331 g/mol. The summed E-state index contributed by atoms with van der Waals surface area (Å²) in [5.74, 6) is -2.54. The van der Waals surface area contributed by atoms with Crippen molar-refractivity contribution in [3.63, 3.8) is 0 Å². The molecule has 2 aromatic rings. The lowest BCUT2D eigenvalue weighted by molar-refractivity contribution is 0.0696. The van der Waals surface area contributed by atoms with Crippen LogP contribution in [-0.2, 0) is 4.74 Å². The van der Waals surface area contributed by atoms with Crippen LogP contribution in [0, 0.1) is 5.82 Å². The molecule has 1 aliphatic heterocycles. The minimum atomic E-state index is -1.20. The van der Waals surface area contributed by atoms with Gasteiger partial charge in [-0.1, -0.05) is 0 Å². The summed E-state index contributed by atoms with van der Waals surface area (Å²) in [6.07, 6.45) is 3.01. The van der Waals surface area contributed by atoms with Gasteiger partial charge >= 0.3 is 5.97 Å². The van der Waals surface area contributed by atoms with Crippen LogP contribution in [0.15, 0.2) is 34.9 Å². The van der Waals surface area contributed by atoms with Gasteiger partial charge in [-0.15, -0.1) is 0 Å². The second kappa shape index (κ2) is 7.35. The summed E-state index contributed by atoms with van der Waals surface area (Å²) in [5, 5.41) is 14.3. The Morgan fingerprint density at radius 2 is 2.16 bits per heavy atom. The molecule has 3 rings (SSSR count). The molecule has 0 radical (unpaired) electrons. The Morgan fingerprint density at radius 3 is 2.80 bits per heavy atom. The van der Waals surface area contributed by atoms with Crippen LogP contribution in [0.4, 0.5) is 15.8 Å². The van der Waals surface area contributed by atoms with Crippen LogP contribution in [0.25, 0.3) is 0 Å². The standard InChI is InChI=1S/C17H17FN2O5/c18-13-7-11(3-4-14(13)19-8-12-2-1-5-24-12)20-16(21)15-6-10(9-25-15)17(22)23/h3-4,6-7,9,12,19H,1-2,5,8H2,(H,20,21)(H,22,23)/t12-/m0/s1. The maximum Gasteiger partial charge on any atom is 0.338 e. The fourth-order valence-electron chi connectivity index (χ4n) is 2.53. The van der Waals surface area contributed by atoms with E-state index >= 15 is 0 Å². The minimum absolute atomic E-state index is 0.0844. The number of aromatic carboxylic acids is 1. The number of amides is 1. The lowest BCUT2D eigenvalue weighted by Crippen LogP contribution is -2.19. The fourth-order valence-corrected chi connectivity index (χ4v) is 2.53. The van der Waals surface area contributed by atoms with Crippen molar-refractivity contribution in [1.82, 2.24) is 0 Å². The molecule has 8 heteroatoms. The number of nitrogens with one attached hydrogen (secondary N) is 2. The quantitative estimate of drug-likeness (QED) is 0.742. The largest absolute Gasteiger partial charge is 0.478 e. The summed E-state index contributed by atoms with van der Waals surface area (Å²) in [6.45, 7) is 1.25. The van der Waals surface area contributed by atoms with E-state index in [2.05, 4.69) is 10.6 Å². The van der Waals surface area contributed by atoms with E-state index in [9.17, 15) is 14.0 Å². The molecule has 1 aliphatic rings. The van der Waals surface area contributed by atoms with E-state index in [-0.39, 0.29) is 23.1 Å². The predicted octanol–water partition coefficient (Wildman–Crippen LogP) is 2.96. The van der Waals surface area contributed by atoms with Crippen LogP contribution in [0.3, 0.4) is 0 Å². The molecule has 0 bridgehead atoms. The van der Waals surface area contributed by atoms with Crippen molar-refractivity contribution in [2.45, 2.75) is 18.9 Å². The van der Waals surface area contributed by atoms with Gasteiger partial charge in [0.1, 0.15) is 12.1 Å². The van der Waals surface area contributed by atoms with Gasteiger partial charge in [-0.3, -0.25) is 4.79 Å². The Hall–Kier alpha value is -2.87. The maximum absolute atomic E-state index is 14.1. The van der Waals surface area contributed by atoms with E-state index in [1.165, 1.54) is 12.1 Å². The van der Waals surface area contributed by atoms with Gasteiger partial charge in [0, 0.05) is 24.9 Å². The molecule has 1 aromatic heterocycles. The van der Waals surface area contributed by atoms with Crippen LogP contribution in [-0.4, -0.2) is 36.2 Å². The zero-order valence-electron chi connectivity index (χ0n) is 13.3. The van der Waals surface area contributed by atoms with Crippen LogP contribution in [0.2, 0.25) is 0 Å². The number of carbonyl (C=O) groups excluding carboxylic acids is 1. The number of furan rings is 1. The molecule has 7 nitrogen and oxygen atoms in total. The highest BCUT2D eigenvalue weighted by atomic mass is 19.1. The Labute approximate surface area is 142 Å². The fraction of sp³-hybridized carbons (Fsp3) is 0.294. The van der Waals surface area contributed by atoms with Gasteiger partial charge in [0.15, 0.2) is 5.76 Å². The summed E-state index contributed by atoms with van der Waals surface area (Å²) in [5.41, 5.74) is 0.420. The molecule has 1 aromatic carbocycles. The van der Waals surface area contributed by atoms with Crippen molar-refractivity contribution in [2.75, 3.05) is 23.8 Å². The second-order valence-electron chi connectivity index (χ2n) is 5.67. The monoisotopic (exact) mass is 348 g/mol. The van der Waals surface area contributed by atoms with Crippen molar-refractivity contribution in [3.8, 4) is 0 Å². The molecule has 132 valence electrons. The van der Waals surface area contributed by atoms with Gasteiger partial charge in [0.05, 0.1) is 17.4 Å². The van der Waals surface area contributed by atoms with E-state index in [4.69, 9.17) is 14.3 Å². The third-order valence-electron chi connectivity index (χ3n) is 3.84. The first-order valence-electron chi connectivity index (χ1n) is 7.81. The predicted molar refractivity (Wildman–Crippen MR) is 87.5 cm³/mol. The molecule has 1 fully saturated rings. The first kappa shape index (κ1) is 17.0. The smallest absolute Gasteiger partial charge is 0.338 e. The number of carboxylic acid groups (broad SMARTS) is 1. The number of hydrogen-bond donors (Lipinski definition) is 3. The molecule has 1 amide bonds. The lowest BCUT2D eigenvalue weighted by Gasteiger charge is -2.13. The molecule has 3 N–H and O–H groups in total. The van der Waals surface area contributed by atoms with Crippen molar-refractivity contribution in [2.24, 2.45) is 0 Å². The van der Waals surface area contributed by atoms with Gasteiger partial charge in [-0.05, 0) is 31.0 Å². The number of benzene rings is 1. The molecule has 0 unspecified atom stereocenters. The Balaban J connectivity index is 1.61. The molecule has 2 heterocycles. The maximum atomic E-state index is 14.1. The molecule has 0 saturated carbocycles. The highest BCUT2D eigenvalue weighted by molar-refractivity contribution is 6.03. The number of carboxylic acids is 1. The van der Waals surface area contributed by atoms with Gasteiger partial charge in [-0.25, -0.2) is 9.18 Å². The summed E-state index contributed by atoms with van der Waals surface area (Å²) in [6, 6.07) is 5.34. The average molecular weight is 348 g/mol. The average Bonchev–Trinajstić information content (AvgIpc) is 3.26. The molecule has 0 spiro atoms. The summed E-state index contributed by atoms with van der Waals surface area (Å²) < 4.78 is 24.5. The third kappa shape index (κ3) is 4.16. The van der Waals surface area contributed by atoms with Crippen LogP contribution >= 0.6 is 0 Å². The molecule has 1 saturated heterocycles. The number of ether oxygens (including phenoxy) is 1. The lowest BCUT2D eigenvalue weighted by atomic mass is 10.2. The van der Waals surface area contributed by atoms with Crippen LogP contribution < -0.4 is 10.6 Å². The van der Waals surface area contributed by atoms with Crippen molar-refractivity contribution < 1.29 is 28.2 Å². The zero-order valence-corrected chi connectivity index (χ0v) is 13.3. The van der Waals surface area contributed by atoms with E-state index in [1.54, 1.807) is 6.07 Å². The van der Waals surface area contributed by atoms with Gasteiger partial charge < -0.3 is 24.9 Å². The van der Waals surface area contributed by atoms with E-state index in [0.717, 1.165) is 31.8 Å². The van der Waals surface area contributed by atoms with Gasteiger partial charge in [-0.2, -0.15) is 0 Å². The van der Waals surface area contributed by atoms with Gasteiger partial charge in [0.25, 0.3) is 5.91 Å². The third-order valence-corrected chi connectivity index (χ3v) is 3.84. The summed E-state index contributed by atoms with van der Waals surface area (Å²) >= 11 is 0. The number of halogens is 1. The number of rotatable bonds is 6. The molecular formula is C17H17FN2O5. The van der Waals surface area contributed by atoms with E-state index in [0.29, 0.717) is 12.2 Å². The first-order chi connectivity index (χ1) is 12.0. The summed E-state index contributed by atoms with van der Waals surface area (Å²) in [7, 11) is 0. The topological polar surface area (TPSA) is 101 Å². The highest BCUT2D eigenvalue weighted by Crippen LogP contribution is 2.21. The van der Waals surface area contributed by atoms with Crippen LogP contribution in [0.1, 0.15) is 33.8 Å². The number of anilines is 2. The Bertz CT molecular complexity index is 783. The van der Waals surface area contributed by atoms with Crippen molar-refractivity contribution in [3.05, 3.63) is 47.7 Å². The Kier molecular flexibility index (Phi) is 4.99. The first-order valence-corrected chi connectivity index (χ1v) is 7.81. The van der Waals surface area contributed by atoms with Crippen molar-refractivity contribution >= 4 is 23.3 Å².